The van der Waals surface area contributed by atoms with Crippen molar-refractivity contribution in [1.29, 1.82) is 0 Å². The topological polar surface area (TPSA) is 104 Å². The van der Waals surface area contributed by atoms with E-state index < -0.39 is 29.7 Å². The predicted octanol–water partition coefficient (Wildman–Crippen LogP) is 1.04. The number of carboxylic acid groups (broad SMARTS) is 2. The number of hydrogen-bond acceptors (Lipinski definition) is 3. The van der Waals surface area contributed by atoms with Gasteiger partial charge < -0.3 is 15.5 Å². The number of aliphatic carboxylic acids is 1. The number of para-hydroxylation sites is 1. The number of amides is 1. The molecule has 0 saturated heterocycles. The molecule has 1 saturated carbocycles. The number of rotatable bonds is 4. The molecule has 1 amide bonds. The largest absolute Gasteiger partial charge is 0.481 e. The normalized spacial score (nSPS) is 21.1. The van der Waals surface area contributed by atoms with E-state index in [0.717, 1.165) is 0 Å². The zero-order chi connectivity index (χ0) is 13.3. The molecule has 6 heteroatoms. The molecule has 1 aliphatic carbocycles. The fourth-order valence-electron chi connectivity index (χ4n) is 1.76. The van der Waals surface area contributed by atoms with Crippen molar-refractivity contribution in [2.24, 2.45) is 11.8 Å². The smallest absolute Gasteiger partial charge is 0.337 e. The van der Waals surface area contributed by atoms with Crippen LogP contribution in [-0.2, 0) is 9.59 Å². The van der Waals surface area contributed by atoms with Crippen LogP contribution in [0.5, 0.6) is 0 Å². The van der Waals surface area contributed by atoms with E-state index in [0.29, 0.717) is 6.42 Å². The molecular weight excluding hydrogens is 238 g/mol. The highest BCUT2D eigenvalue weighted by molar-refractivity contribution is 6.03. The zero-order valence-corrected chi connectivity index (χ0v) is 9.29. The summed E-state index contributed by atoms with van der Waals surface area (Å²) < 4.78 is 0. The summed E-state index contributed by atoms with van der Waals surface area (Å²) in [6, 6.07) is 6.00. The van der Waals surface area contributed by atoms with Crippen LogP contribution < -0.4 is 5.32 Å². The summed E-state index contributed by atoms with van der Waals surface area (Å²) in [6.07, 6.45) is 0.302. The number of anilines is 1. The van der Waals surface area contributed by atoms with Crippen LogP contribution in [0.2, 0.25) is 0 Å². The number of carbonyl (C=O) groups is 3. The van der Waals surface area contributed by atoms with Gasteiger partial charge in [0.15, 0.2) is 0 Å². The SMILES string of the molecule is O=C(O)c1ccccc1NC(=O)C1CC1C(=O)O. The van der Waals surface area contributed by atoms with Crippen molar-refractivity contribution in [2.75, 3.05) is 5.32 Å². The molecule has 0 spiro atoms. The molecule has 18 heavy (non-hydrogen) atoms. The average Bonchev–Trinajstić information content (AvgIpc) is 3.09. The second-order valence-electron chi connectivity index (χ2n) is 4.13. The minimum atomic E-state index is -1.14. The van der Waals surface area contributed by atoms with Gasteiger partial charge in [0.1, 0.15) is 0 Å². The molecule has 0 aliphatic heterocycles. The molecule has 1 aromatic carbocycles. The maximum atomic E-state index is 11.7. The average molecular weight is 249 g/mol. The molecule has 6 nitrogen and oxygen atoms in total. The van der Waals surface area contributed by atoms with Gasteiger partial charge in [0, 0.05) is 0 Å². The molecule has 94 valence electrons. The third-order valence-electron chi connectivity index (χ3n) is 2.86. The van der Waals surface area contributed by atoms with Gasteiger partial charge in [-0.25, -0.2) is 4.79 Å². The first-order chi connectivity index (χ1) is 8.50. The van der Waals surface area contributed by atoms with Crippen LogP contribution in [0.4, 0.5) is 5.69 Å². The van der Waals surface area contributed by atoms with Crippen LogP contribution in [0.3, 0.4) is 0 Å². The van der Waals surface area contributed by atoms with Gasteiger partial charge in [-0.15, -0.1) is 0 Å². The molecule has 2 unspecified atom stereocenters. The first kappa shape index (κ1) is 12.1. The number of carboxylic acids is 2. The maximum Gasteiger partial charge on any atom is 0.337 e. The molecule has 1 aliphatic rings. The molecule has 0 radical (unpaired) electrons. The van der Waals surface area contributed by atoms with Gasteiger partial charge in [0.2, 0.25) is 5.91 Å². The number of aromatic carboxylic acids is 1. The van der Waals surface area contributed by atoms with Gasteiger partial charge in [-0.05, 0) is 18.6 Å². The minimum absolute atomic E-state index is 0.0154. The monoisotopic (exact) mass is 249 g/mol. The Morgan fingerprint density at radius 3 is 2.33 bits per heavy atom. The Balaban J connectivity index is 2.09. The highest BCUT2D eigenvalue weighted by Gasteiger charge is 2.48. The van der Waals surface area contributed by atoms with Crippen LogP contribution in [0, 0.1) is 11.8 Å². The molecule has 0 bridgehead atoms. The first-order valence-electron chi connectivity index (χ1n) is 5.36. The van der Waals surface area contributed by atoms with Crippen molar-refractivity contribution in [3.63, 3.8) is 0 Å². The van der Waals surface area contributed by atoms with Gasteiger partial charge in [-0.1, -0.05) is 12.1 Å². The van der Waals surface area contributed by atoms with Crippen LogP contribution >= 0.6 is 0 Å². The first-order valence-corrected chi connectivity index (χ1v) is 5.36. The lowest BCUT2D eigenvalue weighted by Gasteiger charge is -2.07. The summed E-state index contributed by atoms with van der Waals surface area (Å²) in [5.41, 5.74) is 0.171. The summed E-state index contributed by atoms with van der Waals surface area (Å²) >= 11 is 0. The van der Waals surface area contributed by atoms with E-state index in [1.54, 1.807) is 12.1 Å². The maximum absolute atomic E-state index is 11.7. The van der Waals surface area contributed by atoms with Gasteiger partial charge in [-0.2, -0.15) is 0 Å². The Labute approximate surface area is 102 Å². The number of carbonyl (C=O) groups excluding carboxylic acids is 1. The standard InChI is InChI=1S/C12H11NO5/c14-10(7-5-8(7)12(17)18)13-9-4-2-1-3-6(9)11(15)16/h1-4,7-8H,5H2,(H,13,14)(H,15,16)(H,17,18). The lowest BCUT2D eigenvalue weighted by atomic mass is 10.1. The Kier molecular flexibility index (Phi) is 3.01. The van der Waals surface area contributed by atoms with E-state index in [1.165, 1.54) is 12.1 Å². The number of benzene rings is 1. The van der Waals surface area contributed by atoms with Crippen molar-refractivity contribution in [3.8, 4) is 0 Å². The molecule has 2 atom stereocenters. The van der Waals surface area contributed by atoms with Gasteiger partial charge in [0.05, 0.1) is 23.1 Å². The Hall–Kier alpha value is -2.37. The minimum Gasteiger partial charge on any atom is -0.481 e. The second kappa shape index (κ2) is 4.48. The summed E-state index contributed by atoms with van der Waals surface area (Å²) in [5, 5.41) is 20.1. The molecule has 0 aromatic heterocycles. The van der Waals surface area contributed by atoms with Crippen LogP contribution in [0.15, 0.2) is 24.3 Å². The summed E-state index contributed by atoms with van der Waals surface area (Å²) in [6.45, 7) is 0. The quantitative estimate of drug-likeness (QED) is 0.739. The Morgan fingerprint density at radius 2 is 1.78 bits per heavy atom. The zero-order valence-electron chi connectivity index (χ0n) is 9.29. The van der Waals surface area contributed by atoms with E-state index >= 15 is 0 Å². The van der Waals surface area contributed by atoms with Crippen LogP contribution in [-0.4, -0.2) is 28.1 Å². The van der Waals surface area contributed by atoms with Gasteiger partial charge in [0.25, 0.3) is 0 Å². The number of nitrogens with one attached hydrogen (secondary N) is 1. The molecule has 2 rings (SSSR count). The van der Waals surface area contributed by atoms with Crippen molar-refractivity contribution in [3.05, 3.63) is 29.8 Å². The molecule has 3 N–H and O–H groups in total. The van der Waals surface area contributed by atoms with Crippen molar-refractivity contribution >= 4 is 23.5 Å². The highest BCUT2D eigenvalue weighted by Crippen LogP contribution is 2.39. The van der Waals surface area contributed by atoms with Crippen LogP contribution in [0.25, 0.3) is 0 Å². The molecular formula is C12H11NO5. The van der Waals surface area contributed by atoms with E-state index in [1.807, 2.05) is 0 Å². The Bertz CT molecular complexity index is 525. The predicted molar refractivity (Wildman–Crippen MR) is 61.3 cm³/mol. The lowest BCUT2D eigenvalue weighted by Crippen LogP contribution is -2.18. The fraction of sp³-hybridized carbons (Fsp3) is 0.250. The molecule has 0 heterocycles. The second-order valence-corrected chi connectivity index (χ2v) is 4.13. The third kappa shape index (κ3) is 2.32. The van der Waals surface area contributed by atoms with Gasteiger partial charge >= 0.3 is 11.9 Å². The van der Waals surface area contributed by atoms with Crippen LogP contribution in [0.1, 0.15) is 16.8 Å². The summed E-state index contributed by atoms with van der Waals surface area (Å²) in [5.74, 6) is -3.81. The van der Waals surface area contributed by atoms with Crippen molar-refractivity contribution in [1.82, 2.24) is 0 Å². The van der Waals surface area contributed by atoms with Gasteiger partial charge in [-0.3, -0.25) is 9.59 Å². The number of hydrogen-bond donors (Lipinski definition) is 3. The molecule has 1 aromatic rings. The van der Waals surface area contributed by atoms with E-state index in [2.05, 4.69) is 5.32 Å². The summed E-state index contributed by atoms with van der Waals surface area (Å²) in [7, 11) is 0. The Morgan fingerprint density at radius 1 is 1.11 bits per heavy atom. The van der Waals surface area contributed by atoms with Crippen molar-refractivity contribution in [2.45, 2.75) is 6.42 Å². The highest BCUT2D eigenvalue weighted by atomic mass is 16.4. The van der Waals surface area contributed by atoms with Crippen molar-refractivity contribution < 1.29 is 24.6 Å². The molecule has 1 fully saturated rings. The lowest BCUT2D eigenvalue weighted by molar-refractivity contribution is -0.139. The third-order valence-corrected chi connectivity index (χ3v) is 2.86. The summed E-state index contributed by atoms with van der Waals surface area (Å²) in [4.78, 5) is 33.2. The van der Waals surface area contributed by atoms with E-state index in [4.69, 9.17) is 10.2 Å². The van der Waals surface area contributed by atoms with E-state index in [-0.39, 0.29) is 11.3 Å². The fourth-order valence-corrected chi connectivity index (χ4v) is 1.76. The van der Waals surface area contributed by atoms with E-state index in [9.17, 15) is 14.4 Å².